The Morgan fingerprint density at radius 3 is 2.72 bits per heavy atom. The first-order chi connectivity index (χ1) is 15.5. The van der Waals surface area contributed by atoms with E-state index in [1.54, 1.807) is 17.0 Å². The first kappa shape index (κ1) is 19.1. The number of fused-ring (bicyclic) bond motifs is 3. The van der Waals surface area contributed by atoms with Crippen LogP contribution in [0.4, 0.5) is 0 Å². The number of rotatable bonds is 2. The summed E-state index contributed by atoms with van der Waals surface area (Å²) in [5.41, 5.74) is 4.15. The molecular formula is C26H19ClN2O3. The van der Waals surface area contributed by atoms with Gasteiger partial charge in [0, 0.05) is 30.2 Å². The zero-order chi connectivity index (χ0) is 21.9. The first-order valence-corrected chi connectivity index (χ1v) is 10.9. The maximum atomic E-state index is 13.3. The minimum atomic E-state index is -0.763. The normalized spacial score (nSPS) is 19.5. The van der Waals surface area contributed by atoms with Gasteiger partial charge in [0.2, 0.25) is 0 Å². The summed E-state index contributed by atoms with van der Waals surface area (Å²) in [4.78, 5) is 30.5. The van der Waals surface area contributed by atoms with Crippen LogP contribution in [-0.4, -0.2) is 34.8 Å². The molecule has 1 fully saturated rings. The third-order valence-corrected chi connectivity index (χ3v) is 6.85. The molecule has 3 heterocycles. The van der Waals surface area contributed by atoms with Crippen molar-refractivity contribution in [2.75, 3.05) is 13.1 Å². The highest BCUT2D eigenvalue weighted by molar-refractivity contribution is 6.34. The Morgan fingerprint density at radius 2 is 1.84 bits per heavy atom. The average Bonchev–Trinajstić information content (AvgIpc) is 3.52. The van der Waals surface area contributed by atoms with Crippen molar-refractivity contribution < 1.29 is 14.3 Å². The van der Waals surface area contributed by atoms with E-state index < -0.39 is 5.60 Å². The van der Waals surface area contributed by atoms with Crippen molar-refractivity contribution in [1.29, 1.82) is 0 Å². The van der Waals surface area contributed by atoms with Gasteiger partial charge in [-0.05, 0) is 46.8 Å². The van der Waals surface area contributed by atoms with Gasteiger partial charge in [0.05, 0.1) is 22.7 Å². The quantitative estimate of drug-likeness (QED) is 0.423. The summed E-state index contributed by atoms with van der Waals surface area (Å²) >= 11 is 6.56. The number of ether oxygens (including phenoxy) is 1. The lowest BCUT2D eigenvalue weighted by Crippen LogP contribution is -2.34. The van der Waals surface area contributed by atoms with E-state index in [1.165, 1.54) is 0 Å². The van der Waals surface area contributed by atoms with E-state index in [0.717, 1.165) is 27.6 Å². The third-order valence-electron chi connectivity index (χ3n) is 6.53. The number of carbonyl (C=O) groups excluding carboxylic acids is 2. The fraction of sp³-hybridized carbons (Fsp3) is 0.154. The molecule has 6 heteroatoms. The number of amides is 1. The van der Waals surface area contributed by atoms with Gasteiger partial charge in [-0.1, -0.05) is 48.0 Å². The van der Waals surface area contributed by atoms with E-state index in [-0.39, 0.29) is 11.9 Å². The van der Waals surface area contributed by atoms with Crippen LogP contribution in [0.15, 0.2) is 72.9 Å². The lowest BCUT2D eigenvalue weighted by molar-refractivity contribution is -0.00306. The predicted octanol–water partition coefficient (Wildman–Crippen LogP) is 5.40. The van der Waals surface area contributed by atoms with Crippen molar-refractivity contribution in [3.05, 3.63) is 94.6 Å². The summed E-state index contributed by atoms with van der Waals surface area (Å²) in [6.45, 7) is 0.832. The topological polar surface area (TPSA) is 62.4 Å². The van der Waals surface area contributed by atoms with Crippen molar-refractivity contribution in [2.24, 2.45) is 0 Å². The van der Waals surface area contributed by atoms with E-state index in [1.807, 2.05) is 48.7 Å². The van der Waals surface area contributed by atoms with Gasteiger partial charge in [-0.3, -0.25) is 4.79 Å². The molecule has 5 nitrogen and oxygen atoms in total. The van der Waals surface area contributed by atoms with Gasteiger partial charge >= 0.3 is 5.97 Å². The second kappa shape index (κ2) is 6.97. The molecule has 2 aliphatic rings. The Hall–Kier alpha value is -3.57. The molecule has 32 heavy (non-hydrogen) atoms. The summed E-state index contributed by atoms with van der Waals surface area (Å²) in [6, 6.07) is 21.1. The minimum Gasteiger partial charge on any atom is -0.449 e. The van der Waals surface area contributed by atoms with Crippen LogP contribution >= 0.6 is 11.6 Å². The fourth-order valence-corrected chi connectivity index (χ4v) is 5.13. The molecule has 6 rings (SSSR count). The monoisotopic (exact) mass is 442 g/mol. The number of nitrogens with one attached hydrogen (secondary N) is 1. The minimum absolute atomic E-state index is 0.154. The molecule has 0 saturated carbocycles. The highest BCUT2D eigenvalue weighted by Gasteiger charge is 2.51. The summed E-state index contributed by atoms with van der Waals surface area (Å²) in [5, 5.41) is 1.55. The molecule has 1 saturated heterocycles. The molecule has 4 aromatic rings. The molecule has 1 amide bonds. The molecule has 0 radical (unpaired) electrons. The van der Waals surface area contributed by atoms with Gasteiger partial charge in [-0.2, -0.15) is 0 Å². The lowest BCUT2D eigenvalue weighted by Gasteiger charge is -2.24. The number of hydrogen-bond donors (Lipinski definition) is 1. The number of likely N-dealkylation sites (tertiary alicyclic amines) is 1. The number of aromatic amines is 1. The third kappa shape index (κ3) is 2.85. The number of aromatic nitrogens is 1. The summed E-state index contributed by atoms with van der Waals surface area (Å²) in [6.07, 6.45) is 2.49. The molecule has 0 bridgehead atoms. The molecule has 3 aromatic carbocycles. The first-order valence-electron chi connectivity index (χ1n) is 10.5. The average molecular weight is 443 g/mol. The van der Waals surface area contributed by atoms with Gasteiger partial charge in [0.1, 0.15) is 0 Å². The number of benzene rings is 3. The SMILES string of the molecule is O=C1O[C@]2(CCN(C(=O)c3ccc(-c4ccc5cc[nH]c5c4)cc3Cl)C2)c2ccccc21. The maximum absolute atomic E-state index is 13.3. The van der Waals surface area contributed by atoms with Crippen LogP contribution in [0.5, 0.6) is 0 Å². The van der Waals surface area contributed by atoms with Gasteiger partial charge in [0.15, 0.2) is 5.60 Å². The van der Waals surface area contributed by atoms with Crippen molar-refractivity contribution >= 4 is 34.4 Å². The van der Waals surface area contributed by atoms with E-state index >= 15 is 0 Å². The fourth-order valence-electron chi connectivity index (χ4n) is 4.87. The molecule has 1 atom stereocenters. The van der Waals surface area contributed by atoms with Gasteiger partial charge in [-0.25, -0.2) is 4.79 Å². The second-order valence-corrected chi connectivity index (χ2v) is 8.79. The Morgan fingerprint density at radius 1 is 1.03 bits per heavy atom. The van der Waals surface area contributed by atoms with E-state index in [0.29, 0.717) is 35.7 Å². The van der Waals surface area contributed by atoms with Crippen LogP contribution in [-0.2, 0) is 10.3 Å². The molecule has 2 aliphatic heterocycles. The van der Waals surface area contributed by atoms with Crippen molar-refractivity contribution in [2.45, 2.75) is 12.0 Å². The van der Waals surface area contributed by atoms with Crippen LogP contribution in [0.1, 0.15) is 32.7 Å². The molecule has 1 aromatic heterocycles. The molecule has 1 N–H and O–H groups in total. The zero-order valence-electron chi connectivity index (χ0n) is 17.1. The van der Waals surface area contributed by atoms with Crippen LogP contribution in [0.3, 0.4) is 0 Å². The number of H-pyrrole nitrogens is 1. The molecule has 1 spiro atoms. The van der Waals surface area contributed by atoms with E-state index in [9.17, 15) is 9.59 Å². The van der Waals surface area contributed by atoms with Crippen molar-refractivity contribution in [3.63, 3.8) is 0 Å². The van der Waals surface area contributed by atoms with Crippen LogP contribution in [0.2, 0.25) is 5.02 Å². The summed E-state index contributed by atoms with van der Waals surface area (Å²) in [7, 11) is 0. The summed E-state index contributed by atoms with van der Waals surface area (Å²) < 4.78 is 5.76. The highest BCUT2D eigenvalue weighted by Crippen LogP contribution is 2.43. The molecule has 0 unspecified atom stereocenters. The van der Waals surface area contributed by atoms with Crippen LogP contribution in [0, 0.1) is 0 Å². The second-order valence-electron chi connectivity index (χ2n) is 8.38. The molecule has 0 aliphatic carbocycles. The number of carbonyl (C=O) groups is 2. The Bertz CT molecular complexity index is 1410. The van der Waals surface area contributed by atoms with Gasteiger partial charge in [-0.15, -0.1) is 0 Å². The lowest BCUT2D eigenvalue weighted by atomic mass is 9.91. The summed E-state index contributed by atoms with van der Waals surface area (Å²) in [5.74, 6) is -0.477. The van der Waals surface area contributed by atoms with E-state index in [2.05, 4.69) is 17.1 Å². The van der Waals surface area contributed by atoms with E-state index in [4.69, 9.17) is 16.3 Å². The maximum Gasteiger partial charge on any atom is 0.339 e. The Kier molecular flexibility index (Phi) is 4.17. The number of hydrogen-bond acceptors (Lipinski definition) is 3. The predicted molar refractivity (Wildman–Crippen MR) is 123 cm³/mol. The number of halogens is 1. The van der Waals surface area contributed by atoms with Gasteiger partial charge in [0.25, 0.3) is 5.91 Å². The Balaban J connectivity index is 1.27. The molecule has 158 valence electrons. The van der Waals surface area contributed by atoms with Crippen molar-refractivity contribution in [3.8, 4) is 11.1 Å². The highest BCUT2D eigenvalue weighted by atomic mass is 35.5. The zero-order valence-corrected chi connectivity index (χ0v) is 17.9. The van der Waals surface area contributed by atoms with Crippen LogP contribution in [0.25, 0.3) is 22.0 Å². The molecular weight excluding hydrogens is 424 g/mol. The van der Waals surface area contributed by atoms with Gasteiger partial charge < -0.3 is 14.6 Å². The van der Waals surface area contributed by atoms with Crippen LogP contribution < -0.4 is 0 Å². The number of esters is 1. The smallest absolute Gasteiger partial charge is 0.339 e. The largest absolute Gasteiger partial charge is 0.449 e. The Labute approximate surface area is 189 Å². The van der Waals surface area contributed by atoms with Crippen molar-refractivity contribution in [1.82, 2.24) is 9.88 Å². The standard InChI is InChI=1S/C26H19ClN2O3/c27-22-13-17(18-6-5-16-9-11-28-23(16)14-18)7-8-20(22)24(30)29-12-10-26(15-29)21-4-2-1-3-19(21)25(31)32-26/h1-9,11,13-14,28H,10,12,15H2/t26-/m0/s1. The number of nitrogens with zero attached hydrogens (tertiary/aromatic N) is 1.